The van der Waals surface area contributed by atoms with Crippen molar-refractivity contribution in [2.45, 2.75) is 95.6 Å². The van der Waals surface area contributed by atoms with Crippen molar-refractivity contribution in [1.82, 2.24) is 0 Å². The normalized spacial score (nSPS) is 13.5. The van der Waals surface area contributed by atoms with E-state index >= 15 is 0 Å². The zero-order valence-corrected chi connectivity index (χ0v) is 15.0. The van der Waals surface area contributed by atoms with E-state index in [4.69, 9.17) is 12.6 Å². The minimum atomic E-state index is 0.218. The molecule has 0 heterocycles. The van der Waals surface area contributed by atoms with E-state index in [0.717, 1.165) is 12.8 Å². The molecule has 1 atom stereocenters. The van der Waals surface area contributed by atoms with Gasteiger partial charge in [0.05, 0.1) is 0 Å². The summed E-state index contributed by atoms with van der Waals surface area (Å²) in [5.41, 5.74) is 0. The first-order chi connectivity index (χ1) is 10.3. The fraction of sp³-hybridized carbons (Fsp3) is 0.750. The van der Waals surface area contributed by atoms with Crippen molar-refractivity contribution in [3.63, 3.8) is 0 Å². The molecule has 0 amide bonds. The summed E-state index contributed by atoms with van der Waals surface area (Å²) < 4.78 is 0. The van der Waals surface area contributed by atoms with E-state index in [1.807, 2.05) is 0 Å². The van der Waals surface area contributed by atoms with Gasteiger partial charge in [-0.15, -0.1) is 0 Å². The van der Waals surface area contributed by atoms with Crippen molar-refractivity contribution in [3.05, 3.63) is 31.2 Å². The van der Waals surface area contributed by atoms with Crippen molar-refractivity contribution in [3.8, 4) is 0 Å². The Balaban J connectivity index is 3.15. The molecular weight excluding hydrogens is 272 g/mol. The lowest BCUT2D eigenvalue weighted by atomic mass is 10.1. The SMILES string of the molecule is [CH2]C([S])CCCCCCCC/C=C\C/C=C\CCCCC. The maximum Gasteiger partial charge on any atom is 0.0152 e. The third-order valence-electron chi connectivity index (χ3n) is 3.73. The van der Waals surface area contributed by atoms with Gasteiger partial charge in [-0.1, -0.05) is 88.8 Å². The zero-order chi connectivity index (χ0) is 15.6. The van der Waals surface area contributed by atoms with Crippen molar-refractivity contribution >= 4 is 12.6 Å². The van der Waals surface area contributed by atoms with E-state index in [2.05, 4.69) is 38.2 Å². The van der Waals surface area contributed by atoms with Gasteiger partial charge in [0.1, 0.15) is 0 Å². The van der Waals surface area contributed by atoms with Crippen molar-refractivity contribution in [2.24, 2.45) is 0 Å². The molecule has 21 heavy (non-hydrogen) atoms. The maximum absolute atomic E-state index is 5.06. The second-order valence-electron chi connectivity index (χ2n) is 5.99. The summed E-state index contributed by atoms with van der Waals surface area (Å²) >= 11 is 5.06. The fourth-order valence-electron chi connectivity index (χ4n) is 2.36. The van der Waals surface area contributed by atoms with Gasteiger partial charge in [-0.25, -0.2) is 0 Å². The average molecular weight is 309 g/mol. The summed E-state index contributed by atoms with van der Waals surface area (Å²) in [6.07, 6.45) is 26.1. The van der Waals surface area contributed by atoms with Crippen molar-refractivity contribution in [2.75, 3.05) is 0 Å². The number of rotatable bonds is 15. The minimum Gasteiger partial charge on any atom is -0.0904 e. The first-order valence-electron chi connectivity index (χ1n) is 9.06. The Morgan fingerprint density at radius 3 is 1.86 bits per heavy atom. The Morgan fingerprint density at radius 1 is 0.762 bits per heavy atom. The smallest absolute Gasteiger partial charge is 0.0152 e. The average Bonchev–Trinajstić information content (AvgIpc) is 2.46. The number of hydrogen-bond donors (Lipinski definition) is 0. The van der Waals surface area contributed by atoms with Crippen LogP contribution in [0.25, 0.3) is 0 Å². The van der Waals surface area contributed by atoms with Gasteiger partial charge in [-0.05, 0) is 45.4 Å². The maximum atomic E-state index is 5.06. The van der Waals surface area contributed by atoms with E-state index in [-0.39, 0.29) is 5.25 Å². The van der Waals surface area contributed by atoms with Gasteiger partial charge in [0.2, 0.25) is 0 Å². The molecule has 0 saturated heterocycles. The van der Waals surface area contributed by atoms with E-state index in [1.165, 1.54) is 70.6 Å². The summed E-state index contributed by atoms with van der Waals surface area (Å²) in [6.45, 7) is 6.10. The first kappa shape index (κ1) is 20.8. The molecule has 0 rings (SSSR count). The Labute approximate surface area is 139 Å². The Hall–Kier alpha value is -0.170. The molecule has 0 aromatic heterocycles. The van der Waals surface area contributed by atoms with Gasteiger partial charge < -0.3 is 0 Å². The summed E-state index contributed by atoms with van der Waals surface area (Å²) in [5, 5.41) is 0.218. The zero-order valence-electron chi connectivity index (χ0n) is 14.2. The van der Waals surface area contributed by atoms with Crippen LogP contribution >= 0.6 is 12.6 Å². The number of allylic oxidation sites excluding steroid dienone is 4. The fourth-order valence-corrected chi connectivity index (χ4v) is 2.53. The van der Waals surface area contributed by atoms with Crippen LogP contribution in [-0.2, 0) is 0 Å². The molecule has 1 heteroatoms. The second-order valence-corrected chi connectivity index (χ2v) is 6.66. The highest BCUT2D eigenvalue weighted by atomic mass is 32.1. The third-order valence-corrected chi connectivity index (χ3v) is 3.96. The molecule has 0 saturated carbocycles. The highest BCUT2D eigenvalue weighted by Gasteiger charge is 1.95. The van der Waals surface area contributed by atoms with Gasteiger partial charge in [-0.2, -0.15) is 0 Å². The predicted molar refractivity (Wildman–Crippen MR) is 101 cm³/mol. The van der Waals surface area contributed by atoms with E-state index < -0.39 is 0 Å². The van der Waals surface area contributed by atoms with Crippen LogP contribution in [0.5, 0.6) is 0 Å². The summed E-state index contributed by atoms with van der Waals surface area (Å²) in [7, 11) is 0. The minimum absolute atomic E-state index is 0.218. The lowest BCUT2D eigenvalue weighted by Crippen LogP contribution is -1.90. The van der Waals surface area contributed by atoms with Crippen molar-refractivity contribution in [1.29, 1.82) is 0 Å². The molecule has 0 fully saturated rings. The summed E-state index contributed by atoms with van der Waals surface area (Å²) in [5.74, 6) is 0. The molecule has 2 radical (unpaired) electrons. The van der Waals surface area contributed by atoms with Gasteiger partial charge in [0.15, 0.2) is 0 Å². The molecule has 1 unspecified atom stereocenters. The Morgan fingerprint density at radius 2 is 1.29 bits per heavy atom. The predicted octanol–water partition coefficient (Wildman–Crippen LogP) is 7.59. The molecule has 0 aliphatic heterocycles. The highest BCUT2D eigenvalue weighted by molar-refractivity contribution is 7.81. The van der Waals surface area contributed by atoms with E-state index in [9.17, 15) is 0 Å². The van der Waals surface area contributed by atoms with Crippen LogP contribution in [0.3, 0.4) is 0 Å². The van der Waals surface area contributed by atoms with Crippen molar-refractivity contribution < 1.29 is 0 Å². The lowest BCUT2D eigenvalue weighted by molar-refractivity contribution is 0.586. The van der Waals surface area contributed by atoms with Crippen LogP contribution in [0.4, 0.5) is 0 Å². The molecule has 0 aromatic rings. The molecule has 122 valence electrons. The van der Waals surface area contributed by atoms with Crippen LogP contribution in [0, 0.1) is 6.92 Å². The Kier molecular flexibility index (Phi) is 17.7. The van der Waals surface area contributed by atoms with Crippen LogP contribution < -0.4 is 0 Å². The molecule has 0 aliphatic carbocycles. The molecular formula is C20H36S. The molecule has 0 spiro atoms. The molecule has 0 bridgehead atoms. The summed E-state index contributed by atoms with van der Waals surface area (Å²) in [6, 6.07) is 0. The molecule has 0 aliphatic rings. The lowest BCUT2D eigenvalue weighted by Gasteiger charge is -2.02. The largest absolute Gasteiger partial charge is 0.0904 e. The number of unbranched alkanes of at least 4 members (excludes halogenated alkanes) is 9. The van der Waals surface area contributed by atoms with Crippen LogP contribution in [0.1, 0.15) is 90.4 Å². The van der Waals surface area contributed by atoms with Gasteiger partial charge in [0, 0.05) is 5.25 Å². The standard InChI is InChI=1S/C20H36S/c1-3-4-5-6-7-8-9-10-11-12-13-14-15-16-17-18-19-20(2)21/h7-8,10-11,20H,2-6,9,12-19H2,1H3/b8-7-,11-10-. The summed E-state index contributed by atoms with van der Waals surface area (Å²) in [4.78, 5) is 0. The van der Waals surface area contributed by atoms with Gasteiger partial charge in [-0.3, -0.25) is 0 Å². The quantitative estimate of drug-likeness (QED) is 0.216. The van der Waals surface area contributed by atoms with E-state index in [0.29, 0.717) is 0 Å². The third kappa shape index (κ3) is 19.8. The monoisotopic (exact) mass is 308 g/mol. The van der Waals surface area contributed by atoms with Crippen LogP contribution in [0.15, 0.2) is 24.3 Å². The molecule has 0 nitrogen and oxygen atoms in total. The topological polar surface area (TPSA) is 0 Å². The van der Waals surface area contributed by atoms with Gasteiger partial charge in [0.25, 0.3) is 0 Å². The first-order valence-corrected chi connectivity index (χ1v) is 9.53. The molecule has 0 aromatic carbocycles. The highest BCUT2D eigenvalue weighted by Crippen LogP contribution is 2.11. The van der Waals surface area contributed by atoms with Gasteiger partial charge >= 0.3 is 0 Å². The Bertz CT molecular complexity index is 240. The van der Waals surface area contributed by atoms with Crippen LogP contribution in [0.2, 0.25) is 0 Å². The van der Waals surface area contributed by atoms with E-state index in [1.54, 1.807) is 0 Å². The second kappa shape index (κ2) is 17.9. The molecule has 0 N–H and O–H groups in total. The van der Waals surface area contributed by atoms with Crippen LogP contribution in [-0.4, -0.2) is 5.25 Å². The number of hydrogen-bond acceptors (Lipinski definition) is 0.